The van der Waals surface area contributed by atoms with Crippen molar-refractivity contribution < 1.29 is 14.2 Å². The highest BCUT2D eigenvalue weighted by molar-refractivity contribution is 5.22. The molecular weight excluding hydrogens is 219 g/mol. The Balaban J connectivity index is 1.99. The van der Waals surface area contributed by atoms with Crippen molar-refractivity contribution in [2.24, 2.45) is 0 Å². The predicted molar refractivity (Wildman–Crippen MR) is 63.3 cm³/mol. The zero-order valence-corrected chi connectivity index (χ0v) is 9.21. The first-order valence-corrected chi connectivity index (χ1v) is 5.37. The molecule has 0 radical (unpaired) electrons. The number of halogens is 1. The number of hydrogen-bond acceptors (Lipinski definition) is 2. The van der Waals surface area contributed by atoms with Crippen molar-refractivity contribution in [1.29, 1.82) is 0 Å². The van der Waals surface area contributed by atoms with Crippen LogP contribution in [0.5, 0.6) is 5.75 Å². The first-order valence-electron chi connectivity index (χ1n) is 5.37. The van der Waals surface area contributed by atoms with E-state index in [9.17, 15) is 9.50 Å². The number of aliphatic hydroxyl groups is 1. The molecule has 2 aromatic carbocycles. The fraction of sp³-hybridized carbons (Fsp3) is 0.143. The third-order valence-corrected chi connectivity index (χ3v) is 2.42. The third-order valence-electron chi connectivity index (χ3n) is 2.42. The lowest BCUT2D eigenvalue weighted by Gasteiger charge is -2.13. The zero-order valence-electron chi connectivity index (χ0n) is 9.21. The van der Waals surface area contributed by atoms with Gasteiger partial charge in [-0.2, -0.15) is 0 Å². The minimum absolute atomic E-state index is 0.0327. The summed E-state index contributed by atoms with van der Waals surface area (Å²) < 4.78 is 18.7. The second kappa shape index (κ2) is 5.46. The zero-order chi connectivity index (χ0) is 12.1. The molecule has 0 amide bonds. The Labute approximate surface area is 99.3 Å². The molecule has 0 bridgehead atoms. The number of hydrogen-bond donors (Lipinski definition) is 1. The molecule has 1 atom stereocenters. The van der Waals surface area contributed by atoms with E-state index >= 15 is 0 Å². The molecule has 0 aliphatic carbocycles. The number of ether oxygens (including phenoxy) is 1. The maximum atomic E-state index is 13.4. The third kappa shape index (κ3) is 3.04. The summed E-state index contributed by atoms with van der Waals surface area (Å²) in [6, 6.07) is 15.3. The molecule has 2 nitrogen and oxygen atoms in total. The van der Waals surface area contributed by atoms with E-state index in [2.05, 4.69) is 0 Å². The molecule has 0 heterocycles. The van der Waals surface area contributed by atoms with Crippen molar-refractivity contribution in [3.8, 4) is 5.75 Å². The minimum Gasteiger partial charge on any atom is -0.491 e. The van der Waals surface area contributed by atoms with E-state index in [1.807, 2.05) is 18.2 Å². The van der Waals surface area contributed by atoms with Crippen LogP contribution >= 0.6 is 0 Å². The van der Waals surface area contributed by atoms with Crippen LogP contribution in [0.1, 0.15) is 11.7 Å². The molecular formula is C14H13FO2. The van der Waals surface area contributed by atoms with Gasteiger partial charge in [-0.1, -0.05) is 36.4 Å². The molecule has 0 saturated heterocycles. The number of aliphatic hydroxyl groups excluding tert-OH is 1. The van der Waals surface area contributed by atoms with Crippen LogP contribution in [0.4, 0.5) is 4.39 Å². The van der Waals surface area contributed by atoms with Crippen LogP contribution in [0.3, 0.4) is 0 Å². The van der Waals surface area contributed by atoms with Gasteiger partial charge in [0.15, 0.2) is 0 Å². The van der Waals surface area contributed by atoms with Crippen molar-refractivity contribution in [2.45, 2.75) is 6.10 Å². The second-order valence-electron chi connectivity index (χ2n) is 3.66. The fourth-order valence-corrected chi connectivity index (χ4v) is 1.53. The molecule has 88 valence electrons. The lowest BCUT2D eigenvalue weighted by molar-refractivity contribution is 0.105. The summed E-state index contributed by atoms with van der Waals surface area (Å²) in [7, 11) is 0. The lowest BCUT2D eigenvalue weighted by Crippen LogP contribution is -2.11. The van der Waals surface area contributed by atoms with E-state index in [1.165, 1.54) is 6.07 Å². The Morgan fingerprint density at radius 3 is 2.35 bits per heavy atom. The van der Waals surface area contributed by atoms with Crippen molar-refractivity contribution in [3.05, 3.63) is 66.0 Å². The van der Waals surface area contributed by atoms with E-state index < -0.39 is 11.9 Å². The van der Waals surface area contributed by atoms with Crippen LogP contribution in [-0.2, 0) is 0 Å². The Kier molecular flexibility index (Phi) is 3.73. The van der Waals surface area contributed by atoms with Crippen LogP contribution in [0.2, 0.25) is 0 Å². The summed E-state index contributed by atoms with van der Waals surface area (Å²) in [6.45, 7) is 0.0327. The van der Waals surface area contributed by atoms with Gasteiger partial charge in [0, 0.05) is 5.56 Å². The van der Waals surface area contributed by atoms with Crippen molar-refractivity contribution in [2.75, 3.05) is 6.61 Å². The highest BCUT2D eigenvalue weighted by atomic mass is 19.1. The summed E-state index contributed by atoms with van der Waals surface area (Å²) in [4.78, 5) is 0. The number of benzene rings is 2. The first kappa shape index (κ1) is 11.6. The molecule has 1 unspecified atom stereocenters. The largest absolute Gasteiger partial charge is 0.491 e. The summed E-state index contributed by atoms with van der Waals surface area (Å²) in [5.41, 5.74) is 0.253. The highest BCUT2D eigenvalue weighted by Crippen LogP contribution is 2.18. The van der Waals surface area contributed by atoms with E-state index in [1.54, 1.807) is 30.3 Å². The summed E-state index contributed by atoms with van der Waals surface area (Å²) >= 11 is 0. The van der Waals surface area contributed by atoms with Gasteiger partial charge < -0.3 is 9.84 Å². The van der Waals surface area contributed by atoms with Crippen LogP contribution in [0.25, 0.3) is 0 Å². The van der Waals surface area contributed by atoms with Gasteiger partial charge in [-0.25, -0.2) is 4.39 Å². The summed E-state index contributed by atoms with van der Waals surface area (Å²) in [6.07, 6.45) is -0.962. The van der Waals surface area contributed by atoms with Crippen LogP contribution in [0, 0.1) is 5.82 Å². The monoisotopic (exact) mass is 232 g/mol. The fourth-order valence-electron chi connectivity index (χ4n) is 1.53. The quantitative estimate of drug-likeness (QED) is 0.878. The Hall–Kier alpha value is -1.87. The predicted octanol–water partition coefficient (Wildman–Crippen LogP) is 2.94. The number of rotatable bonds is 4. The molecule has 1 N–H and O–H groups in total. The standard InChI is InChI=1S/C14H13FO2/c15-13-9-5-4-8-12(13)14(16)10-17-11-6-2-1-3-7-11/h1-9,14,16H,10H2. The Bertz CT molecular complexity index is 471. The molecule has 0 fully saturated rings. The van der Waals surface area contributed by atoms with Gasteiger partial charge in [0.05, 0.1) is 0 Å². The average molecular weight is 232 g/mol. The van der Waals surface area contributed by atoms with Crippen molar-refractivity contribution >= 4 is 0 Å². The normalized spacial score (nSPS) is 12.1. The van der Waals surface area contributed by atoms with Gasteiger partial charge in [0.1, 0.15) is 24.3 Å². The molecule has 0 spiro atoms. The minimum atomic E-state index is -0.962. The van der Waals surface area contributed by atoms with E-state index in [0.29, 0.717) is 5.75 Å². The van der Waals surface area contributed by atoms with Gasteiger partial charge in [-0.05, 0) is 18.2 Å². The molecule has 2 rings (SSSR count). The molecule has 0 saturated carbocycles. The van der Waals surface area contributed by atoms with E-state index in [4.69, 9.17) is 4.74 Å². The molecule has 0 aliphatic rings. The second-order valence-corrected chi connectivity index (χ2v) is 3.66. The molecule has 17 heavy (non-hydrogen) atoms. The lowest BCUT2D eigenvalue weighted by atomic mass is 10.1. The van der Waals surface area contributed by atoms with Crippen LogP contribution in [-0.4, -0.2) is 11.7 Å². The molecule has 2 aromatic rings. The molecule has 0 aromatic heterocycles. The van der Waals surface area contributed by atoms with Gasteiger partial charge in [-0.3, -0.25) is 0 Å². The Morgan fingerprint density at radius 2 is 1.65 bits per heavy atom. The molecule has 0 aliphatic heterocycles. The van der Waals surface area contributed by atoms with Crippen molar-refractivity contribution in [3.63, 3.8) is 0 Å². The number of para-hydroxylation sites is 1. The van der Waals surface area contributed by atoms with Crippen LogP contribution in [0.15, 0.2) is 54.6 Å². The van der Waals surface area contributed by atoms with Crippen LogP contribution < -0.4 is 4.74 Å². The van der Waals surface area contributed by atoms with E-state index in [-0.39, 0.29) is 12.2 Å². The van der Waals surface area contributed by atoms with Crippen molar-refractivity contribution in [1.82, 2.24) is 0 Å². The van der Waals surface area contributed by atoms with E-state index in [0.717, 1.165) is 0 Å². The maximum Gasteiger partial charge on any atom is 0.129 e. The summed E-state index contributed by atoms with van der Waals surface area (Å²) in [5, 5.41) is 9.80. The highest BCUT2D eigenvalue weighted by Gasteiger charge is 2.12. The van der Waals surface area contributed by atoms with Gasteiger partial charge in [-0.15, -0.1) is 0 Å². The SMILES string of the molecule is OC(COc1ccccc1)c1ccccc1F. The first-order chi connectivity index (χ1) is 8.27. The molecule has 3 heteroatoms. The smallest absolute Gasteiger partial charge is 0.129 e. The summed E-state index contributed by atoms with van der Waals surface area (Å²) in [5.74, 6) is 0.236. The Morgan fingerprint density at radius 1 is 1.00 bits per heavy atom. The average Bonchev–Trinajstić information content (AvgIpc) is 2.38. The maximum absolute atomic E-state index is 13.4. The topological polar surface area (TPSA) is 29.5 Å². The van der Waals surface area contributed by atoms with Gasteiger partial charge >= 0.3 is 0 Å². The van der Waals surface area contributed by atoms with Gasteiger partial charge in [0.25, 0.3) is 0 Å². The van der Waals surface area contributed by atoms with Gasteiger partial charge in [0.2, 0.25) is 0 Å².